The van der Waals surface area contributed by atoms with Crippen LogP contribution in [0.4, 0.5) is 13.2 Å². The Hall–Kier alpha value is -7.81. The van der Waals surface area contributed by atoms with Gasteiger partial charge >= 0.3 is 6.18 Å². The molecule has 7 aromatic carbocycles. The molecule has 9 aromatic rings. The zero-order valence-electron chi connectivity index (χ0n) is 30.0. The van der Waals surface area contributed by atoms with Gasteiger partial charge in [-0.1, -0.05) is 103 Å². The second-order valence-corrected chi connectivity index (χ2v) is 13.6. The van der Waals surface area contributed by atoms with E-state index in [1.165, 1.54) is 12.1 Å². The number of hydrogen-bond donors (Lipinski definition) is 0. The van der Waals surface area contributed by atoms with Crippen molar-refractivity contribution in [3.05, 3.63) is 187 Å². The number of rotatable bonds is 6. The van der Waals surface area contributed by atoms with Crippen LogP contribution in [0.2, 0.25) is 0 Å². The molecule has 0 fully saturated rings. The van der Waals surface area contributed by atoms with Crippen molar-refractivity contribution in [2.45, 2.75) is 6.18 Å². The van der Waals surface area contributed by atoms with Gasteiger partial charge in [0.25, 0.3) is 0 Å². The molecule has 2 heterocycles. The summed E-state index contributed by atoms with van der Waals surface area (Å²) >= 11 is 0. The van der Waals surface area contributed by atoms with Crippen molar-refractivity contribution in [1.82, 2.24) is 14.5 Å². The highest BCUT2D eigenvalue weighted by Gasteiger charge is 2.32. The smallest absolute Gasteiger partial charge is 0.308 e. The molecule has 0 aliphatic carbocycles. The molecular weight excluding hydrogens is 716 g/mol. The van der Waals surface area contributed by atoms with E-state index in [0.717, 1.165) is 22.8 Å². The second-order valence-electron chi connectivity index (χ2n) is 13.6. The highest BCUT2D eigenvalue weighted by Crippen LogP contribution is 2.45. The summed E-state index contributed by atoms with van der Waals surface area (Å²) in [7, 11) is 0. The fourth-order valence-corrected chi connectivity index (χ4v) is 7.43. The van der Waals surface area contributed by atoms with Crippen LogP contribution in [0.3, 0.4) is 0 Å². The van der Waals surface area contributed by atoms with Gasteiger partial charge in [0, 0.05) is 38.6 Å². The Morgan fingerprint density at radius 1 is 0.456 bits per heavy atom. The predicted molar refractivity (Wildman–Crippen MR) is 218 cm³/mol. The SMILES string of the molecule is N#Cc1cccc(-c2cc(-c3cc(-c4ccccc4)nc(-c4ccccc4)n3)cc(-c3cccc(C#N)c3)c2-n2c3ccccc3c3cc(C(F)(F)F)ccc32)c1. The summed E-state index contributed by atoms with van der Waals surface area (Å²) in [6.45, 7) is 0. The molecule has 0 atom stereocenters. The van der Waals surface area contributed by atoms with Gasteiger partial charge in [0.1, 0.15) is 0 Å². The first kappa shape index (κ1) is 34.9. The number of halogens is 3. The first-order chi connectivity index (χ1) is 27.8. The average molecular weight is 744 g/mol. The standard InChI is InChI=1S/C49H28F3N5/c50-49(51,52)38-21-22-46-42(27-38)39-19-7-8-20-45(39)57(46)47-40(35-17-9-11-31(23-35)29-53)25-37(26-41(47)36-18-10-12-32(24-36)30-54)44-28-43(33-13-3-1-4-14-33)55-48(56-44)34-15-5-2-6-16-34/h1-28H. The molecule has 0 amide bonds. The highest BCUT2D eigenvalue weighted by molar-refractivity contribution is 6.11. The van der Waals surface area contributed by atoms with Crippen molar-refractivity contribution in [3.63, 3.8) is 0 Å². The summed E-state index contributed by atoms with van der Waals surface area (Å²) in [4.78, 5) is 10.1. The predicted octanol–water partition coefficient (Wildman–Crippen LogP) is 12.7. The first-order valence-electron chi connectivity index (χ1n) is 18.1. The Morgan fingerprint density at radius 3 is 1.58 bits per heavy atom. The Kier molecular flexibility index (Phi) is 8.65. The summed E-state index contributed by atoms with van der Waals surface area (Å²) in [6.07, 6.45) is -4.54. The number of aromatic nitrogens is 3. The van der Waals surface area contributed by atoms with Gasteiger partial charge in [-0.05, 0) is 77.9 Å². The van der Waals surface area contributed by atoms with Gasteiger partial charge in [-0.3, -0.25) is 0 Å². The minimum Gasteiger partial charge on any atom is -0.308 e. The molecule has 0 saturated heterocycles. The molecule has 0 spiro atoms. The summed E-state index contributed by atoms with van der Waals surface area (Å²) in [5.41, 5.74) is 8.67. The molecule has 270 valence electrons. The van der Waals surface area contributed by atoms with E-state index in [-0.39, 0.29) is 0 Å². The van der Waals surface area contributed by atoms with Gasteiger partial charge < -0.3 is 4.57 Å². The number of nitrogens with zero attached hydrogens (tertiary/aromatic N) is 5. The lowest BCUT2D eigenvalue weighted by atomic mass is 9.90. The number of benzene rings is 7. The molecular formula is C49H28F3N5. The summed E-state index contributed by atoms with van der Waals surface area (Å²) in [5.74, 6) is 0.528. The molecule has 57 heavy (non-hydrogen) atoms. The monoisotopic (exact) mass is 743 g/mol. The van der Waals surface area contributed by atoms with Crippen molar-refractivity contribution < 1.29 is 13.2 Å². The topological polar surface area (TPSA) is 78.3 Å². The van der Waals surface area contributed by atoms with Gasteiger partial charge in [0.05, 0.1) is 56.9 Å². The van der Waals surface area contributed by atoms with Crippen LogP contribution >= 0.6 is 0 Å². The molecule has 0 saturated carbocycles. The fourth-order valence-electron chi connectivity index (χ4n) is 7.43. The van der Waals surface area contributed by atoms with E-state index in [2.05, 4.69) is 12.1 Å². The van der Waals surface area contributed by atoms with Crippen molar-refractivity contribution in [1.29, 1.82) is 10.5 Å². The van der Waals surface area contributed by atoms with Gasteiger partial charge in [0.15, 0.2) is 5.82 Å². The third-order valence-corrected chi connectivity index (χ3v) is 10.1. The molecule has 0 aliphatic heterocycles. The lowest BCUT2D eigenvalue weighted by molar-refractivity contribution is -0.137. The molecule has 0 bridgehead atoms. The molecule has 0 radical (unpaired) electrons. The molecule has 0 unspecified atom stereocenters. The zero-order valence-corrected chi connectivity index (χ0v) is 30.0. The van der Waals surface area contributed by atoms with Crippen molar-refractivity contribution in [2.75, 3.05) is 0 Å². The van der Waals surface area contributed by atoms with Crippen LogP contribution in [0.1, 0.15) is 16.7 Å². The van der Waals surface area contributed by atoms with Gasteiger partial charge in [-0.15, -0.1) is 0 Å². The van der Waals surface area contributed by atoms with E-state index >= 15 is 0 Å². The zero-order chi connectivity index (χ0) is 39.1. The summed E-state index contributed by atoms with van der Waals surface area (Å²) in [5, 5.41) is 21.2. The average Bonchev–Trinajstić information content (AvgIpc) is 3.59. The normalized spacial score (nSPS) is 11.4. The van der Waals surface area contributed by atoms with Gasteiger partial charge in [-0.25, -0.2) is 9.97 Å². The number of nitriles is 2. The first-order valence-corrected chi connectivity index (χ1v) is 18.1. The number of hydrogen-bond acceptors (Lipinski definition) is 4. The fraction of sp³-hybridized carbons (Fsp3) is 0.0204. The maximum atomic E-state index is 14.2. The van der Waals surface area contributed by atoms with E-state index in [4.69, 9.17) is 9.97 Å². The van der Waals surface area contributed by atoms with Crippen LogP contribution < -0.4 is 0 Å². The molecule has 0 aliphatic rings. The summed E-state index contributed by atoms with van der Waals surface area (Å²) < 4.78 is 44.5. The Bertz CT molecular complexity index is 2950. The number of para-hydroxylation sites is 1. The quantitative estimate of drug-likeness (QED) is 0.170. The highest BCUT2D eigenvalue weighted by atomic mass is 19.4. The van der Waals surface area contributed by atoms with Crippen LogP contribution in [0.25, 0.3) is 83.6 Å². The maximum absolute atomic E-state index is 14.2. The lowest BCUT2D eigenvalue weighted by Crippen LogP contribution is -2.05. The molecule has 9 rings (SSSR count). The van der Waals surface area contributed by atoms with E-state index < -0.39 is 11.7 Å². The van der Waals surface area contributed by atoms with E-state index in [1.807, 2.05) is 132 Å². The van der Waals surface area contributed by atoms with Crippen LogP contribution in [0.5, 0.6) is 0 Å². The van der Waals surface area contributed by atoms with Crippen LogP contribution in [-0.4, -0.2) is 14.5 Å². The minimum atomic E-state index is -4.54. The van der Waals surface area contributed by atoms with Crippen LogP contribution in [-0.2, 0) is 6.18 Å². The van der Waals surface area contributed by atoms with Gasteiger partial charge in [-0.2, -0.15) is 23.7 Å². The van der Waals surface area contributed by atoms with Crippen LogP contribution in [0, 0.1) is 22.7 Å². The molecule has 5 nitrogen and oxygen atoms in total. The molecule has 2 aromatic heterocycles. The Morgan fingerprint density at radius 2 is 0.982 bits per heavy atom. The minimum absolute atomic E-state index is 0.439. The molecule has 8 heteroatoms. The number of fused-ring (bicyclic) bond motifs is 3. The largest absolute Gasteiger partial charge is 0.416 e. The van der Waals surface area contributed by atoms with E-state index in [9.17, 15) is 23.7 Å². The lowest BCUT2D eigenvalue weighted by Gasteiger charge is -2.21. The van der Waals surface area contributed by atoms with Crippen LogP contribution in [0.15, 0.2) is 170 Å². The van der Waals surface area contributed by atoms with Crippen molar-refractivity contribution in [2.24, 2.45) is 0 Å². The van der Waals surface area contributed by atoms with E-state index in [0.29, 0.717) is 78.1 Å². The Balaban J connectivity index is 1.43. The third kappa shape index (κ3) is 6.46. The van der Waals surface area contributed by atoms with Crippen molar-refractivity contribution in [3.8, 4) is 74.0 Å². The molecule has 0 N–H and O–H groups in total. The maximum Gasteiger partial charge on any atom is 0.416 e. The Labute approximate surface area is 325 Å². The van der Waals surface area contributed by atoms with Crippen molar-refractivity contribution >= 4 is 21.8 Å². The summed E-state index contributed by atoms with van der Waals surface area (Å²) in [6, 6.07) is 55.8. The van der Waals surface area contributed by atoms with E-state index in [1.54, 1.807) is 24.3 Å². The second kappa shape index (κ2) is 14.1. The third-order valence-electron chi connectivity index (χ3n) is 10.1. The number of alkyl halides is 3. The van der Waals surface area contributed by atoms with Gasteiger partial charge in [0.2, 0.25) is 0 Å².